The summed E-state index contributed by atoms with van der Waals surface area (Å²) in [6.07, 6.45) is -0.768. The van der Waals surface area contributed by atoms with E-state index < -0.39 is 12.1 Å². The average molecular weight is 268 g/mol. The molecule has 0 aromatic carbocycles. The molecule has 0 spiro atoms. The van der Waals surface area contributed by atoms with Crippen LogP contribution in [0.5, 0.6) is 0 Å². The Labute approximate surface area is 112 Å². The standard InChI is InChI=1S/C13H20N2O4/c1-6-18-12(16)10-8(4)11(14-9(10)5)15-13(17)19-7(2)3/h7,14H,6H2,1-5H3,(H,15,17). The zero-order valence-corrected chi connectivity index (χ0v) is 11.9. The van der Waals surface area contributed by atoms with Crippen LogP contribution in [0.25, 0.3) is 0 Å². The van der Waals surface area contributed by atoms with E-state index in [1.54, 1.807) is 34.6 Å². The summed E-state index contributed by atoms with van der Waals surface area (Å²) in [7, 11) is 0. The molecule has 1 aromatic rings. The van der Waals surface area contributed by atoms with Crippen molar-refractivity contribution in [1.29, 1.82) is 0 Å². The maximum absolute atomic E-state index is 11.8. The number of ether oxygens (including phenoxy) is 2. The molecule has 6 heteroatoms. The van der Waals surface area contributed by atoms with E-state index in [1.165, 1.54) is 0 Å². The molecule has 1 heterocycles. The minimum Gasteiger partial charge on any atom is -0.462 e. The zero-order valence-electron chi connectivity index (χ0n) is 11.9. The van der Waals surface area contributed by atoms with Gasteiger partial charge in [0.2, 0.25) is 0 Å². The molecule has 2 N–H and O–H groups in total. The molecule has 0 fully saturated rings. The Bertz CT molecular complexity index is 477. The van der Waals surface area contributed by atoms with Gasteiger partial charge in [-0.2, -0.15) is 0 Å². The van der Waals surface area contributed by atoms with Gasteiger partial charge in [-0.25, -0.2) is 9.59 Å². The van der Waals surface area contributed by atoms with Crippen molar-refractivity contribution in [3.05, 3.63) is 16.8 Å². The van der Waals surface area contributed by atoms with Gasteiger partial charge >= 0.3 is 12.1 Å². The van der Waals surface area contributed by atoms with Crippen molar-refractivity contribution < 1.29 is 19.1 Å². The van der Waals surface area contributed by atoms with Gasteiger partial charge in [0, 0.05) is 11.3 Å². The molecule has 0 radical (unpaired) electrons. The summed E-state index contributed by atoms with van der Waals surface area (Å²) in [6.45, 7) is 9.06. The van der Waals surface area contributed by atoms with Crippen LogP contribution in [0, 0.1) is 13.8 Å². The van der Waals surface area contributed by atoms with Crippen LogP contribution in [0.3, 0.4) is 0 Å². The van der Waals surface area contributed by atoms with Gasteiger partial charge in [0.1, 0.15) is 5.82 Å². The lowest BCUT2D eigenvalue weighted by Gasteiger charge is -2.09. The van der Waals surface area contributed by atoms with Crippen molar-refractivity contribution in [3.63, 3.8) is 0 Å². The predicted molar refractivity (Wildman–Crippen MR) is 71.5 cm³/mol. The van der Waals surface area contributed by atoms with Crippen LogP contribution in [-0.4, -0.2) is 29.8 Å². The highest BCUT2D eigenvalue weighted by Gasteiger charge is 2.20. The third kappa shape index (κ3) is 3.74. The van der Waals surface area contributed by atoms with Gasteiger partial charge in [0.05, 0.1) is 18.3 Å². The normalized spacial score (nSPS) is 10.4. The number of anilines is 1. The van der Waals surface area contributed by atoms with E-state index in [1.807, 2.05) is 0 Å². The summed E-state index contributed by atoms with van der Waals surface area (Å²) in [4.78, 5) is 26.2. The number of amides is 1. The Morgan fingerprint density at radius 3 is 2.47 bits per heavy atom. The molecule has 106 valence electrons. The minimum absolute atomic E-state index is 0.208. The molecule has 6 nitrogen and oxygen atoms in total. The Balaban J connectivity index is 2.90. The van der Waals surface area contributed by atoms with Crippen LogP contribution in [0.1, 0.15) is 42.4 Å². The number of H-pyrrole nitrogens is 1. The van der Waals surface area contributed by atoms with Crippen LogP contribution < -0.4 is 5.32 Å². The summed E-state index contributed by atoms with van der Waals surface area (Å²) < 4.78 is 9.95. The third-order valence-electron chi connectivity index (χ3n) is 2.49. The fourth-order valence-electron chi connectivity index (χ4n) is 1.73. The number of hydrogen-bond acceptors (Lipinski definition) is 4. The highest BCUT2D eigenvalue weighted by atomic mass is 16.6. The molecular formula is C13H20N2O4. The molecule has 1 aromatic heterocycles. The van der Waals surface area contributed by atoms with Crippen molar-refractivity contribution in [2.75, 3.05) is 11.9 Å². The van der Waals surface area contributed by atoms with Gasteiger partial charge < -0.3 is 14.5 Å². The molecule has 0 bridgehead atoms. The number of esters is 1. The van der Waals surface area contributed by atoms with Gasteiger partial charge in [0.25, 0.3) is 0 Å². The van der Waals surface area contributed by atoms with Gasteiger partial charge in [-0.3, -0.25) is 5.32 Å². The maximum atomic E-state index is 11.8. The highest BCUT2D eigenvalue weighted by molar-refractivity contribution is 5.96. The molecule has 0 unspecified atom stereocenters. The highest BCUT2D eigenvalue weighted by Crippen LogP contribution is 2.23. The molecule has 1 amide bonds. The van der Waals surface area contributed by atoms with Crippen molar-refractivity contribution >= 4 is 17.9 Å². The Morgan fingerprint density at radius 2 is 1.95 bits per heavy atom. The summed E-state index contributed by atoms with van der Waals surface area (Å²) in [5, 5.41) is 2.58. The fourth-order valence-corrected chi connectivity index (χ4v) is 1.73. The van der Waals surface area contributed by atoms with Crippen LogP contribution >= 0.6 is 0 Å². The van der Waals surface area contributed by atoms with Crippen molar-refractivity contribution in [3.8, 4) is 0 Å². The van der Waals surface area contributed by atoms with E-state index in [-0.39, 0.29) is 6.10 Å². The summed E-state index contributed by atoms with van der Waals surface area (Å²) >= 11 is 0. The van der Waals surface area contributed by atoms with Gasteiger partial charge in [-0.15, -0.1) is 0 Å². The smallest absolute Gasteiger partial charge is 0.413 e. The number of hydrogen-bond donors (Lipinski definition) is 2. The van der Waals surface area contributed by atoms with E-state index in [9.17, 15) is 9.59 Å². The van der Waals surface area contributed by atoms with E-state index in [0.29, 0.717) is 29.2 Å². The zero-order chi connectivity index (χ0) is 14.6. The largest absolute Gasteiger partial charge is 0.462 e. The molecule has 0 saturated carbocycles. The van der Waals surface area contributed by atoms with E-state index in [2.05, 4.69) is 10.3 Å². The second-order valence-corrected chi connectivity index (χ2v) is 4.42. The summed E-state index contributed by atoms with van der Waals surface area (Å²) in [6, 6.07) is 0. The Morgan fingerprint density at radius 1 is 1.32 bits per heavy atom. The average Bonchev–Trinajstić information content (AvgIpc) is 2.53. The van der Waals surface area contributed by atoms with Crippen LogP contribution in [-0.2, 0) is 9.47 Å². The second kappa shape index (κ2) is 6.26. The molecule has 19 heavy (non-hydrogen) atoms. The number of aromatic nitrogens is 1. The summed E-state index contributed by atoms with van der Waals surface area (Å²) in [5.74, 6) is 0.0465. The summed E-state index contributed by atoms with van der Waals surface area (Å²) in [5.41, 5.74) is 1.73. The first-order valence-electron chi connectivity index (χ1n) is 6.20. The number of aromatic amines is 1. The predicted octanol–water partition coefficient (Wildman–Crippen LogP) is 2.77. The number of rotatable bonds is 4. The number of carbonyl (C=O) groups is 2. The van der Waals surface area contributed by atoms with Crippen LogP contribution in [0.15, 0.2) is 0 Å². The van der Waals surface area contributed by atoms with Gasteiger partial charge in [0.15, 0.2) is 0 Å². The Kier molecular flexibility index (Phi) is 4.97. The topological polar surface area (TPSA) is 80.4 Å². The monoisotopic (exact) mass is 268 g/mol. The van der Waals surface area contributed by atoms with E-state index in [4.69, 9.17) is 9.47 Å². The first-order chi connectivity index (χ1) is 8.86. The first-order valence-corrected chi connectivity index (χ1v) is 6.20. The number of aryl methyl sites for hydroxylation is 1. The maximum Gasteiger partial charge on any atom is 0.413 e. The van der Waals surface area contributed by atoms with Crippen LogP contribution in [0.4, 0.5) is 10.6 Å². The SMILES string of the molecule is CCOC(=O)c1c(C)[nH]c(NC(=O)OC(C)C)c1C. The third-order valence-corrected chi connectivity index (χ3v) is 2.49. The van der Waals surface area contributed by atoms with Crippen molar-refractivity contribution in [2.24, 2.45) is 0 Å². The minimum atomic E-state index is -0.560. The Hall–Kier alpha value is -1.98. The van der Waals surface area contributed by atoms with Crippen molar-refractivity contribution in [1.82, 2.24) is 4.98 Å². The lowest BCUT2D eigenvalue weighted by Crippen LogP contribution is -2.18. The molecule has 0 atom stereocenters. The molecule has 1 rings (SSSR count). The number of nitrogens with one attached hydrogen (secondary N) is 2. The van der Waals surface area contributed by atoms with Gasteiger partial charge in [-0.1, -0.05) is 0 Å². The molecular weight excluding hydrogens is 248 g/mol. The quantitative estimate of drug-likeness (QED) is 0.823. The lowest BCUT2D eigenvalue weighted by molar-refractivity contribution is 0.0525. The molecule has 0 aliphatic heterocycles. The molecule has 0 aliphatic carbocycles. The first kappa shape index (κ1) is 15.1. The molecule has 0 aliphatic rings. The lowest BCUT2D eigenvalue weighted by atomic mass is 10.1. The van der Waals surface area contributed by atoms with Crippen molar-refractivity contribution in [2.45, 2.75) is 40.7 Å². The van der Waals surface area contributed by atoms with Gasteiger partial charge in [-0.05, 0) is 34.6 Å². The molecule has 0 saturated heterocycles. The second-order valence-electron chi connectivity index (χ2n) is 4.42. The number of carbonyl (C=O) groups excluding carboxylic acids is 2. The van der Waals surface area contributed by atoms with E-state index >= 15 is 0 Å². The van der Waals surface area contributed by atoms with Crippen LogP contribution in [0.2, 0.25) is 0 Å². The van der Waals surface area contributed by atoms with E-state index in [0.717, 1.165) is 0 Å². The fraction of sp³-hybridized carbons (Fsp3) is 0.538.